The summed E-state index contributed by atoms with van der Waals surface area (Å²) in [7, 11) is 2.66. The van der Waals surface area contributed by atoms with Gasteiger partial charge < -0.3 is 49.9 Å². The zero-order chi connectivity index (χ0) is 28.3. The molecule has 6 N–H and O–H groups in total. The highest BCUT2D eigenvalue weighted by molar-refractivity contribution is 5.98. The number of anilines is 2. The summed E-state index contributed by atoms with van der Waals surface area (Å²) in [5.74, 6) is -1.68. The standard InChI is InChI=1S/C20H26N8O10/c1-27(19(35)15-11(31)9(29)13(33)17(37-15)23-25-21)7-3-5-8(6-4-7)28(2)20(36)16-12(32)10(30)14(34)18(38-16)24-26-22/h3-6,9-18,29-34H,1-2H3/t9-,10-,11-,12-,13+,14+,15-,16-,17+,18+/m0/s1. The molecule has 3 rings (SSSR count). The van der Waals surface area contributed by atoms with Gasteiger partial charge in [0.2, 0.25) is 0 Å². The minimum Gasteiger partial charge on any atom is -0.387 e. The second kappa shape index (κ2) is 11.9. The van der Waals surface area contributed by atoms with E-state index in [4.69, 9.17) is 20.5 Å². The lowest BCUT2D eigenvalue weighted by atomic mass is 9.97. The Morgan fingerprint density at radius 3 is 1.29 bits per heavy atom. The van der Waals surface area contributed by atoms with E-state index in [0.717, 1.165) is 9.80 Å². The molecule has 2 amide bonds. The molecule has 18 nitrogen and oxygen atoms in total. The average molecular weight is 538 g/mol. The highest BCUT2D eigenvalue weighted by Crippen LogP contribution is 2.28. The van der Waals surface area contributed by atoms with Crippen LogP contribution in [0.5, 0.6) is 0 Å². The van der Waals surface area contributed by atoms with Gasteiger partial charge in [-0.25, -0.2) is 0 Å². The topological polar surface area (TPSA) is 278 Å². The average Bonchev–Trinajstić information content (AvgIpc) is 2.92. The van der Waals surface area contributed by atoms with Crippen molar-refractivity contribution in [3.05, 3.63) is 45.2 Å². The Bertz CT molecular complexity index is 1040. The third kappa shape index (κ3) is 5.50. The maximum Gasteiger partial charge on any atom is 0.258 e. The fraction of sp³-hybridized carbons (Fsp3) is 0.600. The molecule has 2 heterocycles. The summed E-state index contributed by atoms with van der Waals surface area (Å²) in [5, 5.41) is 66.6. The molecule has 0 aromatic heterocycles. The second-order valence-electron chi connectivity index (χ2n) is 8.56. The van der Waals surface area contributed by atoms with Crippen molar-refractivity contribution in [2.24, 2.45) is 10.2 Å². The zero-order valence-electron chi connectivity index (χ0n) is 20.0. The maximum absolute atomic E-state index is 12.9. The van der Waals surface area contributed by atoms with Crippen LogP contribution in [0.2, 0.25) is 0 Å². The first-order chi connectivity index (χ1) is 17.9. The van der Waals surface area contributed by atoms with Crippen molar-refractivity contribution < 1.29 is 49.7 Å². The van der Waals surface area contributed by atoms with Crippen LogP contribution < -0.4 is 9.80 Å². The number of hydrogen-bond acceptors (Lipinski definition) is 12. The molecule has 0 saturated carbocycles. The predicted molar refractivity (Wildman–Crippen MR) is 125 cm³/mol. The number of hydrogen-bond donors (Lipinski definition) is 6. The Balaban J connectivity index is 1.74. The molecule has 1 aromatic rings. The van der Waals surface area contributed by atoms with Crippen LogP contribution >= 0.6 is 0 Å². The predicted octanol–water partition coefficient (Wildman–Crippen LogP) is -2.15. The molecule has 0 aliphatic carbocycles. The number of likely N-dealkylation sites (N-methyl/N-ethyl adjacent to an activating group) is 2. The molecular weight excluding hydrogens is 512 g/mol. The van der Waals surface area contributed by atoms with Crippen LogP contribution in [-0.4, -0.2) is 118 Å². The quantitative estimate of drug-likeness (QED) is 0.130. The van der Waals surface area contributed by atoms with Gasteiger partial charge in [0, 0.05) is 35.3 Å². The van der Waals surface area contributed by atoms with Gasteiger partial charge in [0.15, 0.2) is 24.7 Å². The molecule has 38 heavy (non-hydrogen) atoms. The Labute approximate surface area is 214 Å². The summed E-state index contributed by atoms with van der Waals surface area (Å²) in [5.41, 5.74) is 17.7. The summed E-state index contributed by atoms with van der Waals surface area (Å²) in [4.78, 5) is 33.0. The number of ether oxygens (including phenoxy) is 2. The number of rotatable bonds is 6. The van der Waals surface area contributed by atoms with Crippen LogP contribution in [-0.2, 0) is 19.1 Å². The minimum atomic E-state index is -1.82. The number of aliphatic hydroxyl groups excluding tert-OH is 6. The van der Waals surface area contributed by atoms with Gasteiger partial charge in [-0.15, -0.1) is 0 Å². The molecule has 18 heteroatoms. The smallest absolute Gasteiger partial charge is 0.258 e. The van der Waals surface area contributed by atoms with Crippen molar-refractivity contribution in [3.63, 3.8) is 0 Å². The SMILES string of the molecule is CN(C(=O)[C@H]1O[C@@H](N=[N+]=[N-])[C@H](O)[C@@H](O)[C@@H]1O)c1ccc(N(C)C(=O)[C@H]2O[C@@H](N=[N+]=[N-])[C@H](O)[C@@H](O)[C@@H]2O)cc1. The lowest BCUT2D eigenvalue weighted by Crippen LogP contribution is -2.61. The highest BCUT2D eigenvalue weighted by Gasteiger charge is 2.48. The van der Waals surface area contributed by atoms with Gasteiger partial charge in [0.25, 0.3) is 11.8 Å². The number of benzene rings is 1. The monoisotopic (exact) mass is 538 g/mol. The molecule has 206 valence electrons. The molecule has 0 bridgehead atoms. The van der Waals surface area contributed by atoms with E-state index in [1.807, 2.05) is 0 Å². The van der Waals surface area contributed by atoms with Crippen molar-refractivity contribution in [2.75, 3.05) is 23.9 Å². The molecule has 2 fully saturated rings. The van der Waals surface area contributed by atoms with E-state index in [9.17, 15) is 40.2 Å². The van der Waals surface area contributed by atoms with Crippen molar-refractivity contribution in [3.8, 4) is 0 Å². The molecule has 10 atom stereocenters. The first kappa shape index (κ1) is 29.0. The molecule has 0 unspecified atom stereocenters. The first-order valence-corrected chi connectivity index (χ1v) is 11.1. The van der Waals surface area contributed by atoms with Crippen LogP contribution in [0.3, 0.4) is 0 Å². The van der Waals surface area contributed by atoms with Crippen molar-refractivity contribution in [1.29, 1.82) is 0 Å². The van der Waals surface area contributed by atoms with E-state index < -0.39 is 73.1 Å². The lowest BCUT2D eigenvalue weighted by Gasteiger charge is -2.39. The number of nitrogens with zero attached hydrogens (tertiary/aromatic N) is 8. The van der Waals surface area contributed by atoms with Gasteiger partial charge in [-0.05, 0) is 35.3 Å². The second-order valence-corrected chi connectivity index (χ2v) is 8.56. The van der Waals surface area contributed by atoms with E-state index >= 15 is 0 Å². The third-order valence-corrected chi connectivity index (χ3v) is 6.28. The molecule has 2 saturated heterocycles. The largest absolute Gasteiger partial charge is 0.387 e. The number of aliphatic hydroxyl groups is 6. The molecule has 2 aliphatic rings. The summed E-state index contributed by atoms with van der Waals surface area (Å²) in [6, 6.07) is 5.67. The summed E-state index contributed by atoms with van der Waals surface area (Å²) in [6.45, 7) is 0. The van der Waals surface area contributed by atoms with Crippen molar-refractivity contribution in [2.45, 2.75) is 61.3 Å². The molecular formula is C20H26N8O10. The van der Waals surface area contributed by atoms with E-state index in [1.165, 1.54) is 38.4 Å². The summed E-state index contributed by atoms with van der Waals surface area (Å²) < 4.78 is 10.4. The van der Waals surface area contributed by atoms with Crippen LogP contribution in [0.25, 0.3) is 20.9 Å². The van der Waals surface area contributed by atoms with Crippen LogP contribution in [0, 0.1) is 0 Å². The Kier molecular flexibility index (Phi) is 9.08. The summed E-state index contributed by atoms with van der Waals surface area (Å²) >= 11 is 0. The van der Waals surface area contributed by atoms with Crippen LogP contribution in [0.1, 0.15) is 0 Å². The van der Waals surface area contributed by atoms with Crippen LogP contribution in [0.15, 0.2) is 34.5 Å². The third-order valence-electron chi connectivity index (χ3n) is 6.28. The summed E-state index contributed by atoms with van der Waals surface area (Å²) in [6.07, 6.45) is -17.4. The number of amides is 2. The molecule has 0 radical (unpaired) electrons. The lowest BCUT2D eigenvalue weighted by molar-refractivity contribution is -0.217. The van der Waals surface area contributed by atoms with Gasteiger partial charge in [-0.2, -0.15) is 0 Å². The fourth-order valence-corrected chi connectivity index (χ4v) is 3.96. The van der Waals surface area contributed by atoms with Gasteiger partial charge in [0.05, 0.1) is 0 Å². The molecule has 1 aromatic carbocycles. The molecule has 2 aliphatic heterocycles. The van der Waals surface area contributed by atoms with Crippen molar-refractivity contribution in [1.82, 2.24) is 0 Å². The Morgan fingerprint density at radius 1 is 0.684 bits per heavy atom. The first-order valence-electron chi connectivity index (χ1n) is 11.1. The van der Waals surface area contributed by atoms with Gasteiger partial charge >= 0.3 is 0 Å². The normalized spacial score (nSPS) is 34.8. The minimum absolute atomic E-state index is 0.257. The van der Waals surface area contributed by atoms with E-state index in [-0.39, 0.29) is 11.4 Å². The Morgan fingerprint density at radius 2 is 1.00 bits per heavy atom. The number of azide groups is 2. The van der Waals surface area contributed by atoms with E-state index in [2.05, 4.69) is 20.1 Å². The molecule has 0 spiro atoms. The fourth-order valence-electron chi connectivity index (χ4n) is 3.96. The maximum atomic E-state index is 12.9. The van der Waals surface area contributed by atoms with E-state index in [1.54, 1.807) is 0 Å². The van der Waals surface area contributed by atoms with Gasteiger partial charge in [-0.3, -0.25) is 9.59 Å². The number of carbonyl (C=O) groups excluding carboxylic acids is 2. The zero-order valence-corrected chi connectivity index (χ0v) is 20.0. The highest BCUT2D eigenvalue weighted by atomic mass is 16.6. The van der Waals surface area contributed by atoms with Crippen LogP contribution in [0.4, 0.5) is 11.4 Å². The van der Waals surface area contributed by atoms with Gasteiger partial charge in [0.1, 0.15) is 36.6 Å². The van der Waals surface area contributed by atoms with E-state index in [0.29, 0.717) is 0 Å². The number of carbonyl (C=O) groups is 2. The van der Waals surface area contributed by atoms with Crippen molar-refractivity contribution >= 4 is 23.2 Å². The Hall–Kier alpha value is -3.54. The van der Waals surface area contributed by atoms with Gasteiger partial charge in [-0.1, -0.05) is 10.2 Å².